The van der Waals surface area contributed by atoms with Gasteiger partial charge in [0, 0.05) is 25.2 Å². The van der Waals surface area contributed by atoms with Gasteiger partial charge in [-0.05, 0) is 42.9 Å². The van der Waals surface area contributed by atoms with Crippen LogP contribution in [0.5, 0.6) is 11.5 Å². The third kappa shape index (κ3) is 4.87. The number of hydrogen-bond donors (Lipinski definition) is 2. The van der Waals surface area contributed by atoms with E-state index in [9.17, 15) is 0 Å². The van der Waals surface area contributed by atoms with Gasteiger partial charge in [0.1, 0.15) is 0 Å². The van der Waals surface area contributed by atoms with Crippen LogP contribution in [0.1, 0.15) is 38.2 Å². The van der Waals surface area contributed by atoms with Crippen molar-refractivity contribution in [2.75, 3.05) is 33.5 Å². The van der Waals surface area contributed by atoms with Crippen LogP contribution in [0, 0.1) is 5.92 Å². The van der Waals surface area contributed by atoms with Crippen molar-refractivity contribution >= 4 is 0 Å². The molecular weight excluding hydrogens is 316 g/mol. The van der Waals surface area contributed by atoms with E-state index >= 15 is 0 Å². The number of benzene rings is 1. The molecule has 25 heavy (non-hydrogen) atoms. The van der Waals surface area contributed by atoms with E-state index in [2.05, 4.69) is 29.7 Å². The van der Waals surface area contributed by atoms with Crippen molar-refractivity contribution in [3.63, 3.8) is 0 Å². The van der Waals surface area contributed by atoms with E-state index in [0.29, 0.717) is 24.6 Å². The van der Waals surface area contributed by atoms with Gasteiger partial charge in [0.25, 0.3) is 0 Å². The van der Waals surface area contributed by atoms with Crippen LogP contribution < -0.4 is 20.1 Å². The Bertz CT molecular complexity index is 532. The van der Waals surface area contributed by atoms with Gasteiger partial charge in [0.2, 0.25) is 0 Å². The lowest BCUT2D eigenvalue weighted by Gasteiger charge is -2.33. The highest BCUT2D eigenvalue weighted by molar-refractivity contribution is 5.43. The molecule has 1 aliphatic carbocycles. The third-order valence-electron chi connectivity index (χ3n) is 5.29. The van der Waals surface area contributed by atoms with Crippen LogP contribution in [0.2, 0.25) is 0 Å². The molecule has 1 saturated heterocycles. The molecule has 1 aromatic carbocycles. The molecular formula is C20H32N2O3. The van der Waals surface area contributed by atoms with Crippen LogP contribution in [0.15, 0.2) is 18.2 Å². The number of hydrogen-bond acceptors (Lipinski definition) is 5. The van der Waals surface area contributed by atoms with Crippen molar-refractivity contribution in [2.24, 2.45) is 5.92 Å². The van der Waals surface area contributed by atoms with Gasteiger partial charge in [-0.25, -0.2) is 0 Å². The second-order valence-electron chi connectivity index (χ2n) is 7.05. The molecule has 3 rings (SSSR count). The molecule has 2 aliphatic rings. The van der Waals surface area contributed by atoms with Crippen LogP contribution in [0.3, 0.4) is 0 Å². The zero-order valence-electron chi connectivity index (χ0n) is 15.6. The fourth-order valence-electron chi connectivity index (χ4n) is 3.99. The average Bonchev–Trinajstić information content (AvgIpc) is 3.14. The number of nitrogens with one attached hydrogen (secondary N) is 2. The van der Waals surface area contributed by atoms with E-state index in [1.807, 2.05) is 6.07 Å². The Labute approximate surface area is 151 Å². The van der Waals surface area contributed by atoms with E-state index in [1.165, 1.54) is 24.8 Å². The molecule has 0 radical (unpaired) electrons. The van der Waals surface area contributed by atoms with Crippen molar-refractivity contribution in [1.82, 2.24) is 10.6 Å². The van der Waals surface area contributed by atoms with Crippen molar-refractivity contribution in [3.05, 3.63) is 23.8 Å². The van der Waals surface area contributed by atoms with Gasteiger partial charge in [-0.3, -0.25) is 0 Å². The van der Waals surface area contributed by atoms with Crippen molar-refractivity contribution in [1.29, 1.82) is 0 Å². The fraction of sp³-hybridized carbons (Fsp3) is 0.700. The molecule has 0 aromatic heterocycles. The average molecular weight is 348 g/mol. The third-order valence-corrected chi connectivity index (χ3v) is 5.29. The van der Waals surface area contributed by atoms with E-state index in [-0.39, 0.29) is 0 Å². The maximum Gasteiger partial charge on any atom is 0.161 e. The van der Waals surface area contributed by atoms with Crippen molar-refractivity contribution in [2.45, 2.75) is 51.2 Å². The highest BCUT2D eigenvalue weighted by Gasteiger charge is 2.34. The van der Waals surface area contributed by atoms with Crippen molar-refractivity contribution in [3.8, 4) is 11.5 Å². The maximum absolute atomic E-state index is 5.74. The normalized spacial score (nSPS) is 26.6. The summed E-state index contributed by atoms with van der Waals surface area (Å²) in [4.78, 5) is 0. The first kappa shape index (κ1) is 18.5. The molecule has 5 heteroatoms. The summed E-state index contributed by atoms with van der Waals surface area (Å²) in [5.41, 5.74) is 1.24. The van der Waals surface area contributed by atoms with Crippen LogP contribution in [0.4, 0.5) is 0 Å². The molecule has 0 spiro atoms. The topological polar surface area (TPSA) is 51.8 Å². The largest absolute Gasteiger partial charge is 0.493 e. The monoisotopic (exact) mass is 348 g/mol. The van der Waals surface area contributed by atoms with Gasteiger partial charge in [0.05, 0.1) is 26.9 Å². The van der Waals surface area contributed by atoms with E-state index < -0.39 is 0 Å². The van der Waals surface area contributed by atoms with Gasteiger partial charge in [0.15, 0.2) is 11.5 Å². The van der Waals surface area contributed by atoms with E-state index in [1.54, 1.807) is 7.11 Å². The van der Waals surface area contributed by atoms with Gasteiger partial charge in [-0.15, -0.1) is 0 Å². The zero-order valence-corrected chi connectivity index (χ0v) is 15.6. The summed E-state index contributed by atoms with van der Waals surface area (Å²) >= 11 is 0. The second-order valence-corrected chi connectivity index (χ2v) is 7.05. The Morgan fingerprint density at radius 2 is 2.20 bits per heavy atom. The van der Waals surface area contributed by atoms with Gasteiger partial charge < -0.3 is 24.8 Å². The fourth-order valence-corrected chi connectivity index (χ4v) is 3.99. The summed E-state index contributed by atoms with van der Waals surface area (Å²) in [6.07, 6.45) is 4.82. The van der Waals surface area contributed by atoms with Crippen molar-refractivity contribution < 1.29 is 14.2 Å². The summed E-state index contributed by atoms with van der Waals surface area (Å²) in [5, 5.41) is 7.40. The first-order valence-corrected chi connectivity index (χ1v) is 9.66. The highest BCUT2D eigenvalue weighted by atomic mass is 16.5. The molecule has 2 N–H and O–H groups in total. The predicted molar refractivity (Wildman–Crippen MR) is 99.4 cm³/mol. The summed E-state index contributed by atoms with van der Waals surface area (Å²) in [5.74, 6) is 2.31. The zero-order chi connectivity index (χ0) is 17.5. The Morgan fingerprint density at radius 3 is 2.96 bits per heavy atom. The van der Waals surface area contributed by atoms with Gasteiger partial charge in [-0.2, -0.15) is 0 Å². The van der Waals surface area contributed by atoms with E-state index in [4.69, 9.17) is 14.2 Å². The van der Waals surface area contributed by atoms with Crippen LogP contribution in [-0.4, -0.2) is 45.6 Å². The lowest BCUT2D eigenvalue weighted by Crippen LogP contribution is -2.50. The smallest absolute Gasteiger partial charge is 0.161 e. The van der Waals surface area contributed by atoms with Gasteiger partial charge >= 0.3 is 0 Å². The number of morpholine rings is 1. The summed E-state index contributed by atoms with van der Waals surface area (Å²) in [7, 11) is 1.70. The van der Waals surface area contributed by atoms with Gasteiger partial charge in [-0.1, -0.05) is 19.4 Å². The molecule has 1 aromatic rings. The highest BCUT2D eigenvalue weighted by Crippen LogP contribution is 2.31. The molecule has 2 fully saturated rings. The summed E-state index contributed by atoms with van der Waals surface area (Å²) in [6.45, 7) is 6.35. The minimum atomic E-state index is 0.494. The molecule has 5 nitrogen and oxygen atoms in total. The minimum absolute atomic E-state index is 0.494. The lowest BCUT2D eigenvalue weighted by molar-refractivity contribution is 0.0524. The minimum Gasteiger partial charge on any atom is -0.493 e. The standard InChI is InChI=1S/C20H32N2O3/c1-3-10-25-19-8-7-15(12-20(19)23-2)13-22-17-6-4-5-16(17)18-14-24-11-9-21-18/h7-8,12,16-18,21-22H,3-6,9-11,13-14H2,1-2H3. The quantitative estimate of drug-likeness (QED) is 0.757. The maximum atomic E-state index is 5.74. The molecule has 140 valence electrons. The number of methoxy groups -OCH3 is 1. The Kier molecular flexibility index (Phi) is 6.96. The van der Waals surface area contributed by atoms with Crippen LogP contribution in [0.25, 0.3) is 0 Å². The Balaban J connectivity index is 1.56. The first-order chi connectivity index (χ1) is 12.3. The molecule has 1 saturated carbocycles. The molecule has 3 unspecified atom stereocenters. The summed E-state index contributed by atoms with van der Waals surface area (Å²) in [6, 6.07) is 7.29. The van der Waals surface area contributed by atoms with Crippen LogP contribution in [-0.2, 0) is 11.3 Å². The molecule has 0 bridgehead atoms. The Hall–Kier alpha value is -1.30. The molecule has 0 amide bonds. The SMILES string of the molecule is CCCOc1ccc(CNC2CCCC2C2COCCN2)cc1OC. The molecule has 3 atom stereocenters. The number of rotatable bonds is 8. The Morgan fingerprint density at radius 1 is 1.28 bits per heavy atom. The first-order valence-electron chi connectivity index (χ1n) is 9.66. The van der Waals surface area contributed by atoms with E-state index in [0.717, 1.165) is 44.2 Å². The van der Waals surface area contributed by atoms with Crippen LogP contribution >= 0.6 is 0 Å². The number of ether oxygens (including phenoxy) is 3. The molecule has 1 heterocycles. The molecule has 1 aliphatic heterocycles. The lowest BCUT2D eigenvalue weighted by atomic mass is 9.94. The summed E-state index contributed by atoms with van der Waals surface area (Å²) < 4.78 is 16.9. The second kappa shape index (κ2) is 9.41. The predicted octanol–water partition coefficient (Wildman–Crippen LogP) is 2.73.